The van der Waals surface area contributed by atoms with Gasteiger partial charge in [-0.05, 0) is 12.5 Å². The van der Waals surface area contributed by atoms with Crippen LogP contribution in [0, 0.1) is 0 Å². The van der Waals surface area contributed by atoms with E-state index in [4.69, 9.17) is 9.47 Å². The minimum absolute atomic E-state index is 0.395. The molecule has 94 valence electrons. The number of ether oxygens (including phenoxy) is 2. The third-order valence-electron chi connectivity index (χ3n) is 2.92. The van der Waals surface area contributed by atoms with Gasteiger partial charge in [-0.1, -0.05) is 30.3 Å². The smallest absolute Gasteiger partial charge is 0.181 e. The summed E-state index contributed by atoms with van der Waals surface area (Å²) in [5.41, 5.74) is 1.02. The minimum Gasteiger partial charge on any atom is -0.368 e. The van der Waals surface area contributed by atoms with Crippen LogP contribution < -0.4 is 0 Å². The Hall–Kier alpha value is -0.970. The maximum Gasteiger partial charge on any atom is 0.181 e. The molecule has 4 atom stereocenters. The molecule has 0 spiro atoms. The lowest BCUT2D eigenvalue weighted by atomic mass is 10.1. The summed E-state index contributed by atoms with van der Waals surface area (Å²) in [4.78, 5) is 0. The molecule has 1 fully saturated rings. The van der Waals surface area contributed by atoms with E-state index < -0.39 is 24.7 Å². The molecule has 0 bridgehead atoms. The summed E-state index contributed by atoms with van der Waals surface area (Å²) < 4.78 is 23.6. The second-order valence-electron chi connectivity index (χ2n) is 4.31. The van der Waals surface area contributed by atoms with Crippen LogP contribution in [0.25, 0.3) is 0 Å². The molecular formula is C13H17FO3. The summed E-state index contributed by atoms with van der Waals surface area (Å²) in [5, 5.41) is 9.57. The second-order valence-corrected chi connectivity index (χ2v) is 4.31. The highest BCUT2D eigenvalue weighted by Gasteiger charge is 2.37. The molecule has 0 saturated carbocycles. The van der Waals surface area contributed by atoms with Crippen LogP contribution in [0.4, 0.5) is 4.39 Å². The Morgan fingerprint density at radius 1 is 1.47 bits per heavy atom. The molecular weight excluding hydrogens is 223 g/mol. The highest BCUT2D eigenvalue weighted by molar-refractivity contribution is 5.13. The van der Waals surface area contributed by atoms with E-state index in [0.29, 0.717) is 13.0 Å². The molecule has 0 unspecified atom stereocenters. The van der Waals surface area contributed by atoms with Crippen LogP contribution in [0.2, 0.25) is 0 Å². The molecule has 0 aromatic heterocycles. The molecule has 4 heteroatoms. The van der Waals surface area contributed by atoms with E-state index in [9.17, 15) is 9.50 Å². The lowest BCUT2D eigenvalue weighted by Crippen LogP contribution is -2.23. The lowest BCUT2D eigenvalue weighted by molar-refractivity contribution is -0.151. The minimum atomic E-state index is -1.09. The fourth-order valence-corrected chi connectivity index (χ4v) is 1.89. The van der Waals surface area contributed by atoms with Crippen molar-refractivity contribution < 1.29 is 19.0 Å². The van der Waals surface area contributed by atoms with Crippen molar-refractivity contribution in [3.05, 3.63) is 35.9 Å². The van der Waals surface area contributed by atoms with Gasteiger partial charge in [0.2, 0.25) is 0 Å². The Kier molecular flexibility index (Phi) is 4.10. The average Bonchev–Trinajstić information content (AvgIpc) is 2.70. The number of benzene rings is 1. The molecule has 0 radical (unpaired) electrons. The van der Waals surface area contributed by atoms with Crippen LogP contribution in [-0.2, 0) is 16.1 Å². The molecule has 0 aliphatic carbocycles. The first-order chi connectivity index (χ1) is 8.16. The number of hydrogen-bond acceptors (Lipinski definition) is 3. The Bertz CT molecular complexity index is 342. The maximum absolute atomic E-state index is 13.0. The summed E-state index contributed by atoms with van der Waals surface area (Å²) in [5.74, 6) is 0. The van der Waals surface area contributed by atoms with Crippen LogP contribution in [0.1, 0.15) is 18.9 Å². The first-order valence-corrected chi connectivity index (χ1v) is 5.80. The van der Waals surface area contributed by atoms with Gasteiger partial charge in [-0.2, -0.15) is 0 Å². The summed E-state index contributed by atoms with van der Waals surface area (Å²) in [6, 6.07) is 9.66. The summed E-state index contributed by atoms with van der Waals surface area (Å²) in [6.45, 7) is 1.83. The molecule has 1 N–H and O–H groups in total. The van der Waals surface area contributed by atoms with Crippen molar-refractivity contribution in [1.82, 2.24) is 0 Å². The SMILES string of the molecule is C[C@H](F)[C@H]1C[C@@H](OCc2ccccc2)[C@@H](O)O1. The zero-order valence-electron chi connectivity index (χ0n) is 9.75. The van der Waals surface area contributed by atoms with Gasteiger partial charge in [0.1, 0.15) is 12.3 Å². The van der Waals surface area contributed by atoms with Gasteiger partial charge in [0.25, 0.3) is 0 Å². The average molecular weight is 240 g/mol. The van der Waals surface area contributed by atoms with Crippen molar-refractivity contribution in [2.75, 3.05) is 0 Å². The Balaban J connectivity index is 1.84. The molecule has 1 saturated heterocycles. The van der Waals surface area contributed by atoms with Gasteiger partial charge in [0, 0.05) is 6.42 Å². The first-order valence-electron chi connectivity index (χ1n) is 5.80. The predicted octanol–water partition coefficient (Wildman–Crippen LogP) is 2.04. The number of aliphatic hydroxyl groups excluding tert-OH is 1. The van der Waals surface area contributed by atoms with Crippen molar-refractivity contribution in [2.45, 2.75) is 44.6 Å². The van der Waals surface area contributed by atoms with E-state index >= 15 is 0 Å². The summed E-state index contributed by atoms with van der Waals surface area (Å²) in [7, 11) is 0. The van der Waals surface area contributed by atoms with Gasteiger partial charge in [0.05, 0.1) is 12.7 Å². The normalized spacial score (nSPS) is 30.4. The van der Waals surface area contributed by atoms with Crippen LogP contribution >= 0.6 is 0 Å². The fourth-order valence-electron chi connectivity index (χ4n) is 1.89. The number of halogens is 1. The summed E-state index contributed by atoms with van der Waals surface area (Å²) >= 11 is 0. The standard InChI is InChI=1S/C13H17FO3/c1-9(14)11-7-12(13(15)17-11)16-8-10-5-3-2-4-6-10/h2-6,9,11-13,15H,7-8H2,1H3/t9-,11+,12+,13-/m0/s1. The molecule has 1 aliphatic rings. The van der Waals surface area contributed by atoms with Crippen LogP contribution in [0.5, 0.6) is 0 Å². The van der Waals surface area contributed by atoms with E-state index in [1.807, 2.05) is 30.3 Å². The van der Waals surface area contributed by atoms with E-state index in [2.05, 4.69) is 0 Å². The van der Waals surface area contributed by atoms with Gasteiger partial charge in [-0.15, -0.1) is 0 Å². The summed E-state index contributed by atoms with van der Waals surface area (Å²) in [6.07, 6.45) is -2.73. The van der Waals surface area contributed by atoms with Gasteiger partial charge in [-0.3, -0.25) is 0 Å². The number of hydrogen-bond donors (Lipinski definition) is 1. The monoisotopic (exact) mass is 240 g/mol. The lowest BCUT2D eigenvalue weighted by Gasteiger charge is -2.13. The van der Waals surface area contributed by atoms with Crippen molar-refractivity contribution >= 4 is 0 Å². The quantitative estimate of drug-likeness (QED) is 0.875. The molecule has 17 heavy (non-hydrogen) atoms. The molecule has 1 aliphatic heterocycles. The molecule has 2 rings (SSSR count). The third kappa shape index (κ3) is 3.25. The molecule has 1 aromatic rings. The highest BCUT2D eigenvalue weighted by atomic mass is 19.1. The van der Waals surface area contributed by atoms with Crippen molar-refractivity contribution in [3.63, 3.8) is 0 Å². The van der Waals surface area contributed by atoms with Gasteiger partial charge >= 0.3 is 0 Å². The van der Waals surface area contributed by atoms with Gasteiger partial charge in [-0.25, -0.2) is 4.39 Å². The number of rotatable bonds is 4. The fraction of sp³-hybridized carbons (Fsp3) is 0.538. The van der Waals surface area contributed by atoms with E-state index in [-0.39, 0.29) is 0 Å². The Labute approximate surface area is 100 Å². The number of alkyl halides is 1. The second kappa shape index (κ2) is 5.58. The highest BCUT2D eigenvalue weighted by Crippen LogP contribution is 2.25. The van der Waals surface area contributed by atoms with E-state index in [0.717, 1.165) is 5.56 Å². The van der Waals surface area contributed by atoms with Crippen LogP contribution in [0.3, 0.4) is 0 Å². The molecule has 1 heterocycles. The van der Waals surface area contributed by atoms with Crippen molar-refractivity contribution in [3.8, 4) is 0 Å². The predicted molar refractivity (Wildman–Crippen MR) is 61.1 cm³/mol. The van der Waals surface area contributed by atoms with Crippen LogP contribution in [0.15, 0.2) is 30.3 Å². The topological polar surface area (TPSA) is 38.7 Å². The molecule has 1 aromatic carbocycles. The molecule has 3 nitrogen and oxygen atoms in total. The largest absolute Gasteiger partial charge is 0.368 e. The van der Waals surface area contributed by atoms with E-state index in [1.165, 1.54) is 6.92 Å². The first kappa shape index (κ1) is 12.5. The molecule has 0 amide bonds. The van der Waals surface area contributed by atoms with Gasteiger partial charge < -0.3 is 14.6 Å². The van der Waals surface area contributed by atoms with Gasteiger partial charge in [0.15, 0.2) is 6.29 Å². The van der Waals surface area contributed by atoms with E-state index in [1.54, 1.807) is 0 Å². The van der Waals surface area contributed by atoms with Crippen molar-refractivity contribution in [1.29, 1.82) is 0 Å². The zero-order valence-corrected chi connectivity index (χ0v) is 9.75. The Morgan fingerprint density at radius 2 is 2.18 bits per heavy atom. The zero-order chi connectivity index (χ0) is 12.3. The Morgan fingerprint density at radius 3 is 2.76 bits per heavy atom. The third-order valence-corrected chi connectivity index (χ3v) is 2.92. The van der Waals surface area contributed by atoms with Crippen molar-refractivity contribution in [2.24, 2.45) is 0 Å². The number of aliphatic hydroxyl groups is 1. The van der Waals surface area contributed by atoms with Crippen LogP contribution in [-0.4, -0.2) is 29.8 Å². The maximum atomic E-state index is 13.0.